The van der Waals surface area contributed by atoms with Gasteiger partial charge in [-0.25, -0.2) is 9.36 Å². The normalized spacial score (nSPS) is 10.6. The molecule has 0 saturated carbocycles. The van der Waals surface area contributed by atoms with Crippen molar-refractivity contribution >= 4 is 11.6 Å². The van der Waals surface area contributed by atoms with E-state index < -0.39 is 11.2 Å². The first-order valence-corrected chi connectivity index (χ1v) is 6.85. The van der Waals surface area contributed by atoms with E-state index in [1.807, 2.05) is 0 Å². The smallest absolute Gasteiger partial charge is 0.333 e. The van der Waals surface area contributed by atoms with Crippen molar-refractivity contribution in [3.8, 4) is 22.7 Å². The van der Waals surface area contributed by atoms with Gasteiger partial charge < -0.3 is 10.1 Å². The maximum Gasteiger partial charge on any atom is 0.333 e. The maximum atomic E-state index is 12.3. The Morgan fingerprint density at radius 1 is 1.00 bits per heavy atom. The third kappa shape index (κ3) is 2.54. The number of hydrogen-bond donors (Lipinski definition) is 2. The molecule has 0 saturated heterocycles. The van der Waals surface area contributed by atoms with Crippen molar-refractivity contribution in [2.45, 2.75) is 0 Å². The van der Waals surface area contributed by atoms with Crippen molar-refractivity contribution in [1.82, 2.24) is 9.55 Å². The number of aromatic hydroxyl groups is 1. The van der Waals surface area contributed by atoms with Gasteiger partial charge in [0, 0.05) is 16.7 Å². The van der Waals surface area contributed by atoms with Crippen LogP contribution in [0.15, 0.2) is 64.2 Å². The highest BCUT2D eigenvalue weighted by Crippen LogP contribution is 2.24. The zero-order chi connectivity index (χ0) is 15.7. The molecule has 0 radical (unpaired) electrons. The number of nitrogens with one attached hydrogen (secondary N) is 1. The second-order valence-corrected chi connectivity index (χ2v) is 5.07. The average Bonchev–Trinajstić information content (AvgIpc) is 2.49. The highest BCUT2D eigenvalue weighted by molar-refractivity contribution is 6.33. The fourth-order valence-corrected chi connectivity index (χ4v) is 2.40. The van der Waals surface area contributed by atoms with Crippen LogP contribution >= 0.6 is 11.6 Å². The molecule has 6 heteroatoms. The zero-order valence-electron chi connectivity index (χ0n) is 11.3. The molecule has 0 aliphatic rings. The SMILES string of the molecule is O=c1cc(-c2ccccc2Cl)[nH]c(=O)n1-c1ccc(O)cc1. The van der Waals surface area contributed by atoms with E-state index in [9.17, 15) is 14.7 Å². The first kappa shape index (κ1) is 14.2. The topological polar surface area (TPSA) is 75.1 Å². The first-order chi connectivity index (χ1) is 10.6. The summed E-state index contributed by atoms with van der Waals surface area (Å²) in [6.07, 6.45) is 0. The number of phenols is 1. The molecule has 1 aromatic heterocycles. The molecule has 3 aromatic rings. The largest absolute Gasteiger partial charge is 0.508 e. The minimum Gasteiger partial charge on any atom is -0.508 e. The number of phenolic OH excluding ortho intramolecular Hbond substituents is 1. The quantitative estimate of drug-likeness (QED) is 0.763. The van der Waals surface area contributed by atoms with Gasteiger partial charge in [-0.15, -0.1) is 0 Å². The van der Waals surface area contributed by atoms with E-state index in [4.69, 9.17) is 11.6 Å². The molecule has 1 heterocycles. The Morgan fingerprint density at radius 3 is 2.32 bits per heavy atom. The number of nitrogens with zero attached hydrogens (tertiary/aromatic N) is 1. The lowest BCUT2D eigenvalue weighted by Crippen LogP contribution is -2.33. The molecule has 22 heavy (non-hydrogen) atoms. The Hall–Kier alpha value is -2.79. The predicted octanol–water partition coefficient (Wildman–Crippen LogP) is 2.55. The Labute approximate surface area is 130 Å². The van der Waals surface area contributed by atoms with Crippen molar-refractivity contribution in [3.63, 3.8) is 0 Å². The van der Waals surface area contributed by atoms with Crippen LogP contribution in [0.3, 0.4) is 0 Å². The van der Waals surface area contributed by atoms with E-state index in [1.165, 1.54) is 30.3 Å². The van der Waals surface area contributed by atoms with Gasteiger partial charge in [0.15, 0.2) is 0 Å². The summed E-state index contributed by atoms with van der Waals surface area (Å²) in [7, 11) is 0. The van der Waals surface area contributed by atoms with Gasteiger partial charge in [0.2, 0.25) is 0 Å². The van der Waals surface area contributed by atoms with Crippen LogP contribution in [0.4, 0.5) is 0 Å². The fraction of sp³-hybridized carbons (Fsp3) is 0. The fourth-order valence-electron chi connectivity index (χ4n) is 2.17. The summed E-state index contributed by atoms with van der Waals surface area (Å²) in [5.74, 6) is 0.0564. The lowest BCUT2D eigenvalue weighted by Gasteiger charge is -2.08. The number of H-pyrrole nitrogens is 1. The lowest BCUT2D eigenvalue weighted by molar-refractivity contribution is 0.475. The van der Waals surface area contributed by atoms with E-state index in [2.05, 4.69) is 4.98 Å². The number of benzene rings is 2. The summed E-state index contributed by atoms with van der Waals surface area (Å²) in [5.41, 5.74) is 0.249. The van der Waals surface area contributed by atoms with Crippen molar-refractivity contribution < 1.29 is 5.11 Å². The van der Waals surface area contributed by atoms with Crippen molar-refractivity contribution in [1.29, 1.82) is 0 Å². The molecule has 0 amide bonds. The molecule has 2 N–H and O–H groups in total. The van der Waals surface area contributed by atoms with Gasteiger partial charge >= 0.3 is 5.69 Å². The van der Waals surface area contributed by atoms with E-state index in [0.29, 0.717) is 22.0 Å². The third-order valence-electron chi connectivity index (χ3n) is 3.20. The number of rotatable bonds is 2. The van der Waals surface area contributed by atoms with Gasteiger partial charge in [0.1, 0.15) is 5.75 Å². The van der Waals surface area contributed by atoms with Gasteiger partial charge in [0.25, 0.3) is 5.56 Å². The van der Waals surface area contributed by atoms with Crippen LogP contribution in [0.5, 0.6) is 5.75 Å². The molecule has 110 valence electrons. The van der Waals surface area contributed by atoms with E-state index in [-0.39, 0.29) is 5.75 Å². The van der Waals surface area contributed by atoms with E-state index in [1.54, 1.807) is 24.3 Å². The van der Waals surface area contributed by atoms with Gasteiger partial charge in [-0.1, -0.05) is 29.8 Å². The van der Waals surface area contributed by atoms with Crippen LogP contribution < -0.4 is 11.2 Å². The summed E-state index contributed by atoms with van der Waals surface area (Å²) in [6.45, 7) is 0. The van der Waals surface area contributed by atoms with Crippen LogP contribution in [0.2, 0.25) is 5.02 Å². The highest BCUT2D eigenvalue weighted by Gasteiger charge is 2.10. The van der Waals surface area contributed by atoms with Crippen molar-refractivity contribution in [3.05, 3.63) is 80.5 Å². The Balaban J connectivity index is 2.18. The van der Waals surface area contributed by atoms with E-state index >= 15 is 0 Å². The first-order valence-electron chi connectivity index (χ1n) is 6.47. The Bertz CT molecular complexity index is 911. The lowest BCUT2D eigenvalue weighted by atomic mass is 10.1. The second-order valence-electron chi connectivity index (χ2n) is 4.66. The summed E-state index contributed by atoms with van der Waals surface area (Å²) in [6, 6.07) is 14.0. The highest BCUT2D eigenvalue weighted by atomic mass is 35.5. The summed E-state index contributed by atoms with van der Waals surface area (Å²) < 4.78 is 0.986. The molecular formula is C16H11ClN2O3. The monoisotopic (exact) mass is 314 g/mol. The van der Waals surface area contributed by atoms with Crippen LogP contribution in [0.1, 0.15) is 0 Å². The molecule has 0 bridgehead atoms. The predicted molar refractivity (Wildman–Crippen MR) is 84.8 cm³/mol. The Kier molecular flexibility index (Phi) is 3.56. The molecule has 3 rings (SSSR count). The number of aromatic amines is 1. The summed E-state index contributed by atoms with van der Waals surface area (Å²) in [5, 5.41) is 9.72. The van der Waals surface area contributed by atoms with Crippen LogP contribution in [0, 0.1) is 0 Å². The minimum atomic E-state index is -0.576. The minimum absolute atomic E-state index is 0.0564. The van der Waals surface area contributed by atoms with Gasteiger partial charge in [0.05, 0.1) is 11.4 Å². The average molecular weight is 315 g/mol. The van der Waals surface area contributed by atoms with Crippen LogP contribution in [-0.4, -0.2) is 14.7 Å². The number of hydrogen-bond acceptors (Lipinski definition) is 3. The Morgan fingerprint density at radius 2 is 1.68 bits per heavy atom. The molecule has 0 fully saturated rings. The van der Waals surface area contributed by atoms with E-state index in [0.717, 1.165) is 4.57 Å². The molecule has 5 nitrogen and oxygen atoms in total. The standard InChI is InChI=1S/C16H11ClN2O3/c17-13-4-2-1-3-12(13)14-9-15(21)19(16(22)18-14)10-5-7-11(20)8-6-10/h1-9,20H,(H,18,22). The molecule has 0 aliphatic carbocycles. The van der Waals surface area contributed by atoms with Crippen LogP contribution in [0.25, 0.3) is 16.9 Å². The van der Waals surface area contributed by atoms with Gasteiger partial charge in [-0.05, 0) is 30.3 Å². The number of halogens is 1. The van der Waals surface area contributed by atoms with Crippen molar-refractivity contribution in [2.75, 3.05) is 0 Å². The van der Waals surface area contributed by atoms with Gasteiger partial charge in [-0.3, -0.25) is 4.79 Å². The summed E-state index contributed by atoms with van der Waals surface area (Å²) in [4.78, 5) is 27.1. The summed E-state index contributed by atoms with van der Waals surface area (Å²) >= 11 is 6.08. The third-order valence-corrected chi connectivity index (χ3v) is 3.53. The number of aromatic nitrogens is 2. The molecular weight excluding hydrogens is 304 g/mol. The zero-order valence-corrected chi connectivity index (χ0v) is 12.0. The molecule has 0 aliphatic heterocycles. The molecule has 0 spiro atoms. The molecule has 2 aromatic carbocycles. The molecule has 0 atom stereocenters. The van der Waals surface area contributed by atoms with Crippen LogP contribution in [-0.2, 0) is 0 Å². The van der Waals surface area contributed by atoms with Gasteiger partial charge in [-0.2, -0.15) is 0 Å². The maximum absolute atomic E-state index is 12.3. The van der Waals surface area contributed by atoms with Crippen molar-refractivity contribution in [2.24, 2.45) is 0 Å². The molecule has 0 unspecified atom stereocenters. The second kappa shape index (κ2) is 5.54.